The average Bonchev–Trinajstić information content (AvgIpc) is 3.34. The molecule has 0 spiro atoms. The van der Waals surface area contributed by atoms with E-state index in [4.69, 9.17) is 6.42 Å². The second-order valence-electron chi connectivity index (χ2n) is 10.8. The summed E-state index contributed by atoms with van der Waals surface area (Å²) >= 11 is 0. The van der Waals surface area contributed by atoms with Crippen LogP contribution in [0, 0.1) is 12.3 Å². The Morgan fingerprint density at radius 2 is 1.85 bits per heavy atom. The van der Waals surface area contributed by atoms with Crippen LogP contribution in [0.3, 0.4) is 0 Å². The van der Waals surface area contributed by atoms with E-state index in [-0.39, 0.29) is 16.4 Å². The van der Waals surface area contributed by atoms with Gasteiger partial charge >= 0.3 is 10.2 Å². The Morgan fingerprint density at radius 3 is 2.58 bits per heavy atom. The number of fused-ring (bicyclic) bond motifs is 4. The van der Waals surface area contributed by atoms with E-state index in [2.05, 4.69) is 22.4 Å². The van der Waals surface area contributed by atoms with Gasteiger partial charge in [-0.05, 0) is 78.8 Å². The number of aromatic amines is 1. The first kappa shape index (κ1) is 26.3. The van der Waals surface area contributed by atoms with Crippen molar-refractivity contribution in [1.29, 1.82) is 0 Å². The molecule has 0 bridgehead atoms. The number of nitrogens with zero attached hydrogens (tertiary/aromatic N) is 1. The molecule has 0 amide bonds. The molecule has 7 heteroatoms. The maximum atomic E-state index is 14.2. The zero-order valence-corrected chi connectivity index (χ0v) is 23.3. The predicted molar refractivity (Wildman–Crippen MR) is 160 cm³/mol. The Hall–Kier alpha value is -3.89. The first-order valence-electron chi connectivity index (χ1n) is 14.0. The zero-order valence-electron chi connectivity index (χ0n) is 22.5. The summed E-state index contributed by atoms with van der Waals surface area (Å²) in [6.07, 6.45) is 13.7. The molecule has 204 valence electrons. The SMILES string of the molecule is C#Cc1ccc2c(c1)[nH]c1c2c(=O)c2cc(CCCC)c(-c3cccc(S(=O)(=O)F)c3)cc2n1C1CCCCC1. The number of nitrogens with one attached hydrogen (secondary N) is 1. The predicted octanol–water partition coefficient (Wildman–Crippen LogP) is 7.79. The molecule has 0 unspecified atom stereocenters. The fraction of sp³-hybridized carbons (Fsp3) is 0.303. The number of rotatable bonds is 6. The van der Waals surface area contributed by atoms with E-state index in [0.29, 0.717) is 22.8 Å². The average molecular weight is 555 g/mol. The van der Waals surface area contributed by atoms with Crippen LogP contribution in [0.25, 0.3) is 44.0 Å². The van der Waals surface area contributed by atoms with Gasteiger partial charge in [-0.3, -0.25) is 4.79 Å². The van der Waals surface area contributed by atoms with Crippen molar-refractivity contribution in [3.05, 3.63) is 75.9 Å². The Bertz CT molecular complexity index is 1990. The van der Waals surface area contributed by atoms with E-state index in [1.54, 1.807) is 12.1 Å². The fourth-order valence-electron chi connectivity index (χ4n) is 6.33. The van der Waals surface area contributed by atoms with Crippen LogP contribution in [0.1, 0.15) is 69.0 Å². The number of hydrogen-bond donors (Lipinski definition) is 1. The van der Waals surface area contributed by atoms with Gasteiger partial charge in [-0.2, -0.15) is 8.42 Å². The van der Waals surface area contributed by atoms with Crippen molar-refractivity contribution in [2.24, 2.45) is 0 Å². The summed E-state index contributed by atoms with van der Waals surface area (Å²) in [5.74, 6) is 2.68. The number of benzene rings is 3. The number of terminal acetylenes is 1. The highest BCUT2D eigenvalue weighted by atomic mass is 32.3. The molecule has 1 fully saturated rings. The van der Waals surface area contributed by atoms with Crippen molar-refractivity contribution in [3.8, 4) is 23.5 Å². The zero-order chi connectivity index (χ0) is 28.0. The molecule has 1 N–H and O–H groups in total. The molecule has 0 radical (unpaired) electrons. The molecular formula is C33H31FN2O3S. The van der Waals surface area contributed by atoms with Crippen LogP contribution < -0.4 is 5.43 Å². The largest absolute Gasteiger partial charge is 0.340 e. The molecule has 5 aromatic rings. The fourth-order valence-corrected chi connectivity index (χ4v) is 6.84. The quantitative estimate of drug-likeness (QED) is 0.172. The van der Waals surface area contributed by atoms with Gasteiger partial charge in [-0.15, -0.1) is 10.3 Å². The van der Waals surface area contributed by atoms with Gasteiger partial charge in [0.1, 0.15) is 5.65 Å². The minimum absolute atomic E-state index is 0.0406. The maximum Gasteiger partial charge on any atom is 0.332 e. The second-order valence-corrected chi connectivity index (χ2v) is 12.2. The van der Waals surface area contributed by atoms with Gasteiger partial charge in [0.2, 0.25) is 0 Å². The third-order valence-electron chi connectivity index (χ3n) is 8.31. The molecule has 1 aliphatic carbocycles. The Morgan fingerprint density at radius 1 is 1.05 bits per heavy atom. The number of aromatic nitrogens is 2. The highest BCUT2D eigenvalue weighted by Crippen LogP contribution is 2.38. The van der Waals surface area contributed by atoms with Gasteiger partial charge in [0.15, 0.2) is 5.43 Å². The van der Waals surface area contributed by atoms with E-state index < -0.39 is 10.2 Å². The lowest BCUT2D eigenvalue weighted by molar-refractivity contribution is 0.365. The number of H-pyrrole nitrogens is 1. The lowest BCUT2D eigenvalue weighted by Crippen LogP contribution is -2.18. The van der Waals surface area contributed by atoms with E-state index in [1.807, 2.05) is 30.3 Å². The summed E-state index contributed by atoms with van der Waals surface area (Å²) in [6, 6.07) is 15.9. The Labute approximate surface area is 233 Å². The van der Waals surface area contributed by atoms with E-state index in [0.717, 1.165) is 77.3 Å². The number of pyridine rings is 1. The summed E-state index contributed by atoms with van der Waals surface area (Å²) < 4.78 is 39.7. The molecule has 2 aromatic heterocycles. The van der Waals surface area contributed by atoms with Crippen LogP contribution >= 0.6 is 0 Å². The van der Waals surface area contributed by atoms with Gasteiger partial charge in [-0.25, -0.2) is 0 Å². The van der Waals surface area contributed by atoms with E-state index in [9.17, 15) is 17.1 Å². The summed E-state index contributed by atoms with van der Waals surface area (Å²) in [7, 11) is -4.86. The van der Waals surface area contributed by atoms with E-state index >= 15 is 0 Å². The van der Waals surface area contributed by atoms with Crippen LogP contribution in [0.5, 0.6) is 0 Å². The molecular weight excluding hydrogens is 523 g/mol. The standard InChI is InChI=1S/C33H31FN2O3S/c1-3-5-10-23-19-28-30(20-27(23)22-11-9-14-25(18-22)40(34,38)39)36(24-12-7-6-8-13-24)33-31(32(28)37)26-16-15-21(4-2)17-29(26)35-33/h2,9,11,14-20,24,35H,3,5-8,10,12-13H2,1H3. The van der Waals surface area contributed by atoms with Gasteiger partial charge < -0.3 is 9.55 Å². The third kappa shape index (κ3) is 4.50. The second kappa shape index (κ2) is 10.3. The third-order valence-corrected chi connectivity index (χ3v) is 9.12. The molecule has 5 nitrogen and oxygen atoms in total. The van der Waals surface area contributed by atoms with Crippen molar-refractivity contribution >= 4 is 43.1 Å². The molecule has 0 atom stereocenters. The molecule has 1 aliphatic rings. The van der Waals surface area contributed by atoms with E-state index in [1.165, 1.54) is 18.6 Å². The van der Waals surface area contributed by atoms with Crippen molar-refractivity contribution < 1.29 is 12.3 Å². The highest BCUT2D eigenvalue weighted by Gasteiger charge is 2.24. The lowest BCUT2D eigenvalue weighted by atomic mass is 9.91. The Kier molecular flexibility index (Phi) is 6.75. The first-order valence-corrected chi connectivity index (χ1v) is 15.4. The van der Waals surface area contributed by atoms with Gasteiger partial charge in [0.05, 0.1) is 15.8 Å². The normalized spacial score (nSPS) is 14.7. The van der Waals surface area contributed by atoms with Crippen LogP contribution in [-0.2, 0) is 16.6 Å². The van der Waals surface area contributed by atoms with Crippen molar-refractivity contribution in [2.45, 2.75) is 69.2 Å². The Balaban J connectivity index is 1.73. The molecule has 40 heavy (non-hydrogen) atoms. The summed E-state index contributed by atoms with van der Waals surface area (Å²) in [5.41, 5.74) is 5.50. The molecule has 1 saturated carbocycles. The van der Waals surface area contributed by atoms with Gasteiger partial charge in [0.25, 0.3) is 0 Å². The molecule has 3 aromatic carbocycles. The summed E-state index contributed by atoms with van der Waals surface area (Å²) in [4.78, 5) is 17.4. The minimum atomic E-state index is -4.86. The molecule has 0 aliphatic heterocycles. The van der Waals surface area contributed by atoms with Crippen LogP contribution in [0.4, 0.5) is 3.89 Å². The summed E-state index contributed by atoms with van der Waals surface area (Å²) in [5, 5.41) is 2.16. The lowest BCUT2D eigenvalue weighted by Gasteiger charge is -2.28. The number of unbranched alkanes of at least 4 members (excludes halogenated alkanes) is 1. The first-order chi connectivity index (χ1) is 19.3. The highest BCUT2D eigenvalue weighted by molar-refractivity contribution is 7.86. The van der Waals surface area contributed by atoms with Crippen molar-refractivity contribution in [1.82, 2.24) is 9.55 Å². The van der Waals surface area contributed by atoms with Crippen LogP contribution in [0.15, 0.2) is 64.3 Å². The molecule has 2 heterocycles. The van der Waals surface area contributed by atoms with Gasteiger partial charge in [-0.1, -0.05) is 56.7 Å². The molecule has 6 rings (SSSR count). The smallest absolute Gasteiger partial charge is 0.332 e. The van der Waals surface area contributed by atoms with Crippen LogP contribution in [0.2, 0.25) is 0 Å². The van der Waals surface area contributed by atoms with Crippen molar-refractivity contribution in [3.63, 3.8) is 0 Å². The monoisotopic (exact) mass is 554 g/mol. The van der Waals surface area contributed by atoms with Gasteiger partial charge in [0, 0.05) is 27.9 Å². The number of aryl methyl sites for hydroxylation is 1. The van der Waals surface area contributed by atoms with Crippen LogP contribution in [-0.4, -0.2) is 18.0 Å². The summed E-state index contributed by atoms with van der Waals surface area (Å²) in [6.45, 7) is 2.10. The topological polar surface area (TPSA) is 71.9 Å². The molecule has 0 saturated heterocycles. The minimum Gasteiger partial charge on any atom is -0.340 e. The number of halogens is 1. The van der Waals surface area contributed by atoms with Crippen molar-refractivity contribution in [2.75, 3.05) is 0 Å². The maximum absolute atomic E-state index is 14.2. The number of hydrogen-bond acceptors (Lipinski definition) is 3.